The average molecular weight is 344 g/mol. The first-order valence-corrected chi connectivity index (χ1v) is 9.11. The molecule has 1 amide bonds. The summed E-state index contributed by atoms with van der Waals surface area (Å²) in [6.07, 6.45) is 2.87. The molecule has 1 unspecified atom stereocenters. The number of thioether (sulfide) groups is 1. The molecule has 1 atom stereocenters. The fourth-order valence-electron chi connectivity index (χ4n) is 3.49. The molecule has 2 aliphatic heterocycles. The molecule has 0 radical (unpaired) electrons. The van der Waals surface area contributed by atoms with E-state index in [2.05, 4.69) is 4.98 Å². The smallest absolute Gasteiger partial charge is 0.257 e. The Morgan fingerprint density at radius 1 is 1.42 bits per heavy atom. The van der Waals surface area contributed by atoms with Crippen molar-refractivity contribution in [2.75, 3.05) is 18.8 Å². The molecular formula is C18H20N2O3S. The van der Waals surface area contributed by atoms with Crippen LogP contribution in [0.15, 0.2) is 34.9 Å². The summed E-state index contributed by atoms with van der Waals surface area (Å²) < 4.78 is 11.6. The van der Waals surface area contributed by atoms with Crippen molar-refractivity contribution in [3.05, 3.63) is 47.5 Å². The molecule has 4 heterocycles. The van der Waals surface area contributed by atoms with Crippen LogP contribution in [0.25, 0.3) is 0 Å². The molecule has 4 rings (SSSR count). The van der Waals surface area contributed by atoms with E-state index in [4.69, 9.17) is 9.15 Å². The monoisotopic (exact) mass is 344 g/mol. The van der Waals surface area contributed by atoms with E-state index in [1.165, 1.54) is 0 Å². The first-order chi connectivity index (χ1) is 11.5. The Balaban J connectivity index is 1.35. The number of pyridine rings is 1. The van der Waals surface area contributed by atoms with Gasteiger partial charge >= 0.3 is 0 Å². The Morgan fingerprint density at radius 2 is 2.25 bits per heavy atom. The molecule has 2 aliphatic rings. The number of rotatable bonds is 3. The van der Waals surface area contributed by atoms with E-state index in [1.54, 1.807) is 6.20 Å². The van der Waals surface area contributed by atoms with Crippen LogP contribution in [0.5, 0.6) is 5.88 Å². The lowest BCUT2D eigenvalue weighted by atomic mass is 9.92. The number of likely N-dealkylation sites (tertiary alicyclic amines) is 1. The molecule has 0 aromatic carbocycles. The van der Waals surface area contributed by atoms with Crippen LogP contribution < -0.4 is 4.74 Å². The second kappa shape index (κ2) is 5.84. The Labute approximate surface area is 145 Å². The maximum Gasteiger partial charge on any atom is 0.257 e. The minimum Gasteiger partial charge on any atom is -0.473 e. The van der Waals surface area contributed by atoms with Crippen molar-refractivity contribution in [1.29, 1.82) is 0 Å². The van der Waals surface area contributed by atoms with E-state index in [1.807, 2.05) is 54.8 Å². The summed E-state index contributed by atoms with van der Waals surface area (Å²) in [5.74, 6) is 3.18. The Bertz CT molecular complexity index is 753. The third-order valence-electron chi connectivity index (χ3n) is 4.62. The fraction of sp³-hybridized carbons (Fsp3) is 0.444. The Morgan fingerprint density at radius 3 is 2.92 bits per heavy atom. The largest absolute Gasteiger partial charge is 0.473 e. The first-order valence-electron chi connectivity index (χ1n) is 8.13. The van der Waals surface area contributed by atoms with Gasteiger partial charge in [0.2, 0.25) is 5.88 Å². The third-order valence-corrected chi connectivity index (χ3v) is 6.19. The van der Waals surface area contributed by atoms with Crippen molar-refractivity contribution in [2.45, 2.75) is 31.1 Å². The van der Waals surface area contributed by atoms with Crippen molar-refractivity contribution in [3.63, 3.8) is 0 Å². The number of carbonyl (C=O) groups is 1. The van der Waals surface area contributed by atoms with Gasteiger partial charge < -0.3 is 14.1 Å². The highest BCUT2D eigenvalue weighted by atomic mass is 32.2. The average Bonchev–Trinajstić information content (AvgIpc) is 3.10. The van der Waals surface area contributed by atoms with Crippen molar-refractivity contribution in [2.24, 2.45) is 0 Å². The Hall–Kier alpha value is -1.95. The summed E-state index contributed by atoms with van der Waals surface area (Å²) in [6.45, 7) is 5.27. The minimum atomic E-state index is 0.0738. The number of ether oxygens (including phenoxy) is 1. The molecule has 2 saturated heterocycles. The second-order valence-electron chi connectivity index (χ2n) is 6.59. The topological polar surface area (TPSA) is 55.6 Å². The molecule has 2 aromatic rings. The molecular weight excluding hydrogens is 324 g/mol. The molecule has 1 spiro atoms. The molecule has 2 fully saturated rings. The van der Waals surface area contributed by atoms with Gasteiger partial charge in [0, 0.05) is 37.5 Å². The lowest BCUT2D eigenvalue weighted by Crippen LogP contribution is -2.60. The van der Waals surface area contributed by atoms with Crippen molar-refractivity contribution < 1.29 is 13.9 Å². The van der Waals surface area contributed by atoms with Crippen molar-refractivity contribution in [1.82, 2.24) is 9.88 Å². The number of amides is 1. The van der Waals surface area contributed by atoms with Crippen LogP contribution in [0.3, 0.4) is 0 Å². The van der Waals surface area contributed by atoms with E-state index >= 15 is 0 Å². The third kappa shape index (κ3) is 2.79. The fourth-order valence-corrected chi connectivity index (χ4v) is 5.02. The number of hydrogen-bond acceptors (Lipinski definition) is 5. The quantitative estimate of drug-likeness (QED) is 0.856. The summed E-state index contributed by atoms with van der Waals surface area (Å²) in [7, 11) is 0. The minimum absolute atomic E-state index is 0.0738. The molecule has 126 valence electrons. The van der Waals surface area contributed by atoms with Crippen LogP contribution in [0, 0.1) is 13.8 Å². The highest BCUT2D eigenvalue weighted by Crippen LogP contribution is 2.46. The predicted octanol–water partition coefficient (Wildman–Crippen LogP) is 3.07. The van der Waals surface area contributed by atoms with Gasteiger partial charge in [-0.25, -0.2) is 4.98 Å². The van der Waals surface area contributed by atoms with E-state index in [-0.39, 0.29) is 16.8 Å². The highest BCUT2D eigenvalue weighted by Gasteiger charge is 2.51. The highest BCUT2D eigenvalue weighted by molar-refractivity contribution is 8.01. The molecule has 6 heteroatoms. The normalized spacial score (nSPS) is 21.8. The van der Waals surface area contributed by atoms with Gasteiger partial charge in [0.1, 0.15) is 17.6 Å². The number of carbonyl (C=O) groups excluding carboxylic acids is 1. The van der Waals surface area contributed by atoms with Crippen LogP contribution in [0.4, 0.5) is 0 Å². The zero-order chi connectivity index (χ0) is 16.7. The number of furan rings is 1. The van der Waals surface area contributed by atoms with Gasteiger partial charge in [0.15, 0.2) is 0 Å². The van der Waals surface area contributed by atoms with E-state index in [0.29, 0.717) is 17.2 Å². The molecule has 5 nitrogen and oxygen atoms in total. The lowest BCUT2D eigenvalue weighted by molar-refractivity contribution is 0.0514. The lowest BCUT2D eigenvalue weighted by Gasteiger charge is -2.47. The number of nitrogens with zero attached hydrogens (tertiary/aromatic N) is 2. The maximum atomic E-state index is 12.6. The molecule has 0 saturated carbocycles. The number of hydrogen-bond donors (Lipinski definition) is 0. The molecule has 0 aliphatic carbocycles. The van der Waals surface area contributed by atoms with Crippen molar-refractivity contribution >= 4 is 17.7 Å². The summed E-state index contributed by atoms with van der Waals surface area (Å²) >= 11 is 1.91. The van der Waals surface area contributed by atoms with Gasteiger partial charge in [-0.05, 0) is 26.0 Å². The van der Waals surface area contributed by atoms with Crippen LogP contribution >= 0.6 is 11.8 Å². The van der Waals surface area contributed by atoms with Crippen LogP contribution in [0.2, 0.25) is 0 Å². The molecule has 0 bridgehead atoms. The molecule has 2 aromatic heterocycles. The van der Waals surface area contributed by atoms with E-state index in [0.717, 1.165) is 31.0 Å². The summed E-state index contributed by atoms with van der Waals surface area (Å²) in [6, 6.07) is 7.53. The van der Waals surface area contributed by atoms with Crippen LogP contribution in [0.1, 0.15) is 28.3 Å². The van der Waals surface area contributed by atoms with Gasteiger partial charge in [-0.3, -0.25) is 4.79 Å². The zero-order valence-electron chi connectivity index (χ0n) is 13.8. The standard InChI is InChI=1S/C18H20N2O3S/c1-12-7-15(13(2)22-12)17(21)20-10-18(11-20)8-14(9-24-18)23-16-5-3-4-6-19-16/h3-7,14H,8-11H2,1-2H3. The first kappa shape index (κ1) is 15.6. The van der Waals surface area contributed by atoms with Gasteiger partial charge in [0.25, 0.3) is 5.91 Å². The summed E-state index contributed by atoms with van der Waals surface area (Å²) in [4.78, 5) is 18.7. The Kier molecular flexibility index (Phi) is 3.79. The number of aryl methyl sites for hydroxylation is 2. The van der Waals surface area contributed by atoms with E-state index < -0.39 is 0 Å². The maximum absolute atomic E-state index is 12.6. The number of aromatic nitrogens is 1. The van der Waals surface area contributed by atoms with Gasteiger partial charge in [0.05, 0.1) is 10.3 Å². The van der Waals surface area contributed by atoms with Gasteiger partial charge in [-0.2, -0.15) is 0 Å². The van der Waals surface area contributed by atoms with Gasteiger partial charge in [-0.1, -0.05) is 6.07 Å². The predicted molar refractivity (Wildman–Crippen MR) is 92.5 cm³/mol. The summed E-state index contributed by atoms with van der Waals surface area (Å²) in [5, 5.41) is 0. The van der Waals surface area contributed by atoms with E-state index in [9.17, 15) is 4.79 Å². The van der Waals surface area contributed by atoms with Gasteiger partial charge in [-0.15, -0.1) is 11.8 Å². The molecule has 24 heavy (non-hydrogen) atoms. The van der Waals surface area contributed by atoms with Crippen LogP contribution in [-0.2, 0) is 0 Å². The SMILES string of the molecule is Cc1cc(C(=O)N2CC3(CC(Oc4ccccn4)CS3)C2)c(C)o1. The summed E-state index contributed by atoms with van der Waals surface area (Å²) in [5.41, 5.74) is 0.687. The van der Waals surface area contributed by atoms with Crippen molar-refractivity contribution in [3.8, 4) is 5.88 Å². The zero-order valence-corrected chi connectivity index (χ0v) is 14.6. The van der Waals surface area contributed by atoms with Crippen LogP contribution in [-0.4, -0.2) is 45.5 Å². The molecule has 0 N–H and O–H groups in total. The second-order valence-corrected chi connectivity index (χ2v) is 8.08.